The quantitative estimate of drug-likeness (QED) is 0.785. The highest BCUT2D eigenvalue weighted by molar-refractivity contribution is 4.97. The molecule has 18 heavy (non-hydrogen) atoms. The Kier molecular flexibility index (Phi) is 5.13. The van der Waals surface area contributed by atoms with Gasteiger partial charge in [-0.05, 0) is 39.2 Å². The van der Waals surface area contributed by atoms with Gasteiger partial charge in [0, 0.05) is 32.1 Å². The third-order valence-corrected chi connectivity index (χ3v) is 3.72. The molecule has 1 aromatic rings. The molecule has 0 aliphatic heterocycles. The van der Waals surface area contributed by atoms with Crippen molar-refractivity contribution in [2.45, 2.75) is 50.5 Å². The van der Waals surface area contributed by atoms with Gasteiger partial charge >= 0.3 is 0 Å². The zero-order valence-electron chi connectivity index (χ0n) is 11.3. The molecule has 0 bridgehead atoms. The van der Waals surface area contributed by atoms with Crippen molar-refractivity contribution in [1.82, 2.24) is 15.5 Å². The third kappa shape index (κ3) is 3.53. The number of aromatic nitrogens is 2. The van der Waals surface area contributed by atoms with E-state index in [1.807, 2.05) is 7.05 Å². The predicted molar refractivity (Wildman–Crippen MR) is 68.6 cm³/mol. The van der Waals surface area contributed by atoms with Gasteiger partial charge in [-0.3, -0.25) is 0 Å². The number of nitrogens with one attached hydrogen (secondary N) is 1. The first-order valence-corrected chi connectivity index (χ1v) is 6.82. The van der Waals surface area contributed by atoms with E-state index in [0.29, 0.717) is 12.0 Å². The average Bonchev–Trinajstić information content (AvgIpc) is 2.88. The van der Waals surface area contributed by atoms with Crippen LogP contribution in [0.25, 0.3) is 0 Å². The number of hydrogen-bond donors (Lipinski definition) is 1. The fourth-order valence-corrected chi connectivity index (χ4v) is 2.54. The molecule has 5 nitrogen and oxygen atoms in total. The van der Waals surface area contributed by atoms with Gasteiger partial charge in [-0.1, -0.05) is 5.16 Å². The van der Waals surface area contributed by atoms with Gasteiger partial charge in [0.05, 0.1) is 0 Å². The van der Waals surface area contributed by atoms with E-state index in [1.165, 1.54) is 12.8 Å². The van der Waals surface area contributed by atoms with Crippen molar-refractivity contribution in [2.24, 2.45) is 0 Å². The summed E-state index contributed by atoms with van der Waals surface area (Å²) in [7, 11) is 3.74. The first-order valence-electron chi connectivity index (χ1n) is 6.82. The second-order valence-electron chi connectivity index (χ2n) is 4.98. The Bertz CT molecular complexity index is 346. The van der Waals surface area contributed by atoms with E-state index in [-0.39, 0.29) is 0 Å². The van der Waals surface area contributed by atoms with E-state index >= 15 is 0 Å². The van der Waals surface area contributed by atoms with E-state index in [2.05, 4.69) is 15.5 Å². The summed E-state index contributed by atoms with van der Waals surface area (Å²) >= 11 is 0. The molecule has 0 aromatic carbocycles. The van der Waals surface area contributed by atoms with Crippen molar-refractivity contribution in [3.05, 3.63) is 11.7 Å². The van der Waals surface area contributed by atoms with Gasteiger partial charge in [-0.2, -0.15) is 4.98 Å². The van der Waals surface area contributed by atoms with Gasteiger partial charge in [0.1, 0.15) is 0 Å². The highest BCUT2D eigenvalue weighted by Crippen LogP contribution is 2.31. The highest BCUT2D eigenvalue weighted by Gasteiger charge is 2.25. The van der Waals surface area contributed by atoms with E-state index in [0.717, 1.165) is 44.0 Å². The number of ether oxygens (including phenoxy) is 1. The molecule has 2 rings (SSSR count). The van der Waals surface area contributed by atoms with Crippen LogP contribution in [0.1, 0.15) is 49.7 Å². The summed E-state index contributed by atoms with van der Waals surface area (Å²) in [5.41, 5.74) is 0. The summed E-state index contributed by atoms with van der Waals surface area (Å²) in [6.45, 7) is 0.747. The molecule has 0 unspecified atom stereocenters. The van der Waals surface area contributed by atoms with Crippen molar-refractivity contribution in [3.63, 3.8) is 0 Å². The number of nitrogens with zero attached hydrogens (tertiary/aromatic N) is 2. The molecule has 102 valence electrons. The van der Waals surface area contributed by atoms with Gasteiger partial charge in [-0.15, -0.1) is 0 Å². The number of rotatable bonds is 6. The molecule has 0 radical (unpaired) electrons. The molecule has 1 aliphatic carbocycles. The maximum atomic E-state index is 5.38. The van der Waals surface area contributed by atoms with Crippen LogP contribution < -0.4 is 5.32 Å². The first-order chi connectivity index (χ1) is 8.83. The summed E-state index contributed by atoms with van der Waals surface area (Å²) in [5, 5.41) is 7.38. The van der Waals surface area contributed by atoms with Crippen molar-refractivity contribution < 1.29 is 9.26 Å². The number of aryl methyl sites for hydroxylation is 1. The molecule has 1 N–H and O–H groups in total. The van der Waals surface area contributed by atoms with Crippen LogP contribution in [-0.4, -0.2) is 36.9 Å². The number of hydrogen-bond acceptors (Lipinski definition) is 5. The van der Waals surface area contributed by atoms with Crippen LogP contribution in [0.5, 0.6) is 0 Å². The van der Waals surface area contributed by atoms with Gasteiger partial charge < -0.3 is 14.6 Å². The standard InChI is InChI=1S/C13H23N3O2/c1-14-11-7-5-10(6-8-11)13-15-12(16-18-13)4-3-9-17-2/h10-11,14H,3-9H2,1-2H3. The van der Waals surface area contributed by atoms with Crippen LogP contribution >= 0.6 is 0 Å². The summed E-state index contributed by atoms with van der Waals surface area (Å²) in [5.74, 6) is 2.10. The van der Waals surface area contributed by atoms with Crippen LogP contribution in [0.4, 0.5) is 0 Å². The largest absolute Gasteiger partial charge is 0.385 e. The minimum absolute atomic E-state index is 0.457. The molecule has 1 heterocycles. The Labute approximate surface area is 108 Å². The summed E-state index contributed by atoms with van der Waals surface area (Å²) in [6, 6.07) is 0.658. The number of methoxy groups -OCH3 is 1. The second-order valence-corrected chi connectivity index (χ2v) is 4.98. The zero-order valence-corrected chi connectivity index (χ0v) is 11.3. The van der Waals surface area contributed by atoms with E-state index in [4.69, 9.17) is 9.26 Å². The topological polar surface area (TPSA) is 60.2 Å². The zero-order chi connectivity index (χ0) is 12.8. The Hall–Kier alpha value is -0.940. The molecule has 1 aliphatic rings. The Morgan fingerprint density at radius 2 is 2.11 bits per heavy atom. The summed E-state index contributed by atoms with van der Waals surface area (Å²) in [4.78, 5) is 4.50. The highest BCUT2D eigenvalue weighted by atomic mass is 16.5. The normalized spacial score (nSPS) is 24.3. The monoisotopic (exact) mass is 253 g/mol. The molecule has 1 saturated carbocycles. The van der Waals surface area contributed by atoms with E-state index in [1.54, 1.807) is 7.11 Å². The molecule has 0 spiro atoms. The fourth-order valence-electron chi connectivity index (χ4n) is 2.54. The van der Waals surface area contributed by atoms with Crippen LogP contribution in [-0.2, 0) is 11.2 Å². The lowest BCUT2D eigenvalue weighted by Gasteiger charge is -2.25. The lowest BCUT2D eigenvalue weighted by atomic mass is 9.86. The van der Waals surface area contributed by atoms with Crippen LogP contribution in [0.15, 0.2) is 4.52 Å². The minimum atomic E-state index is 0.457. The van der Waals surface area contributed by atoms with Crippen molar-refractivity contribution >= 4 is 0 Å². The molecular formula is C13H23N3O2. The van der Waals surface area contributed by atoms with Crippen LogP contribution in [0, 0.1) is 0 Å². The summed E-state index contributed by atoms with van der Waals surface area (Å²) in [6.07, 6.45) is 6.46. The maximum Gasteiger partial charge on any atom is 0.229 e. The maximum absolute atomic E-state index is 5.38. The first kappa shape index (κ1) is 13.5. The SMILES string of the molecule is CNC1CCC(c2nc(CCCOC)no2)CC1. The molecule has 5 heteroatoms. The molecule has 1 aromatic heterocycles. The molecular weight excluding hydrogens is 230 g/mol. The van der Waals surface area contributed by atoms with E-state index < -0.39 is 0 Å². The second kappa shape index (κ2) is 6.85. The third-order valence-electron chi connectivity index (χ3n) is 3.72. The van der Waals surface area contributed by atoms with Crippen molar-refractivity contribution in [3.8, 4) is 0 Å². The Morgan fingerprint density at radius 3 is 2.78 bits per heavy atom. The molecule has 1 fully saturated rings. The van der Waals surface area contributed by atoms with Gasteiger partial charge in [0.2, 0.25) is 5.89 Å². The molecule has 0 amide bonds. The van der Waals surface area contributed by atoms with Gasteiger partial charge in [0.15, 0.2) is 5.82 Å². The molecule has 0 atom stereocenters. The Morgan fingerprint density at radius 1 is 1.33 bits per heavy atom. The van der Waals surface area contributed by atoms with Crippen LogP contribution in [0.3, 0.4) is 0 Å². The van der Waals surface area contributed by atoms with Crippen molar-refractivity contribution in [2.75, 3.05) is 20.8 Å². The predicted octanol–water partition coefficient (Wildman–Crippen LogP) is 1.89. The van der Waals surface area contributed by atoms with Crippen LogP contribution in [0.2, 0.25) is 0 Å². The average molecular weight is 253 g/mol. The smallest absolute Gasteiger partial charge is 0.229 e. The van der Waals surface area contributed by atoms with Gasteiger partial charge in [-0.25, -0.2) is 0 Å². The van der Waals surface area contributed by atoms with Gasteiger partial charge in [0.25, 0.3) is 0 Å². The Balaban J connectivity index is 1.82. The lowest BCUT2D eigenvalue weighted by molar-refractivity contribution is 0.194. The van der Waals surface area contributed by atoms with Crippen molar-refractivity contribution in [1.29, 1.82) is 0 Å². The lowest BCUT2D eigenvalue weighted by Crippen LogP contribution is -2.29. The minimum Gasteiger partial charge on any atom is -0.385 e. The molecule has 0 saturated heterocycles. The summed E-state index contributed by atoms with van der Waals surface area (Å²) < 4.78 is 10.4. The fraction of sp³-hybridized carbons (Fsp3) is 0.846. The van der Waals surface area contributed by atoms with E-state index in [9.17, 15) is 0 Å².